The zero-order valence-electron chi connectivity index (χ0n) is 15.5. The summed E-state index contributed by atoms with van der Waals surface area (Å²) in [6.07, 6.45) is 0. The number of rotatable bonds is 6. The van der Waals surface area contributed by atoms with Gasteiger partial charge in [-0.2, -0.15) is 0 Å². The van der Waals surface area contributed by atoms with Crippen molar-refractivity contribution in [3.63, 3.8) is 0 Å². The predicted molar refractivity (Wildman–Crippen MR) is 106 cm³/mol. The minimum Gasteiger partial charge on any atom is -0.459 e. The van der Waals surface area contributed by atoms with Crippen LogP contribution in [0.5, 0.6) is 0 Å². The Labute approximate surface area is 166 Å². The molecule has 0 aliphatic carbocycles. The number of hydrogen-bond acceptors (Lipinski definition) is 7. The number of ether oxygens (including phenoxy) is 1. The smallest absolute Gasteiger partial charge is 0.397 e. The van der Waals surface area contributed by atoms with Gasteiger partial charge in [-0.3, -0.25) is 4.79 Å². The molecule has 0 aliphatic rings. The molecule has 28 heavy (non-hydrogen) atoms. The number of esters is 1. The van der Waals surface area contributed by atoms with Gasteiger partial charge in [0.05, 0.1) is 12.4 Å². The number of benzene rings is 2. The molecule has 1 aromatic heterocycles. The van der Waals surface area contributed by atoms with Gasteiger partial charge in [-0.15, -0.1) is 22.0 Å². The lowest BCUT2D eigenvalue weighted by molar-refractivity contribution is -0.152. The van der Waals surface area contributed by atoms with Crippen LogP contribution in [0.4, 0.5) is 5.69 Å². The number of hydrogen-bond donors (Lipinski definition) is 1. The zero-order valence-corrected chi connectivity index (χ0v) is 16.3. The summed E-state index contributed by atoms with van der Waals surface area (Å²) in [5.74, 6) is -0.139. The van der Waals surface area contributed by atoms with Crippen molar-refractivity contribution in [3.8, 4) is 11.5 Å². The van der Waals surface area contributed by atoms with Gasteiger partial charge in [-0.05, 0) is 49.7 Å². The van der Waals surface area contributed by atoms with Gasteiger partial charge in [0.15, 0.2) is 0 Å². The number of anilines is 1. The number of nitrogens with one attached hydrogen (secondary N) is 1. The molecule has 144 valence electrons. The number of aromatic nitrogens is 2. The summed E-state index contributed by atoms with van der Waals surface area (Å²) in [6, 6.07) is 14.9. The van der Waals surface area contributed by atoms with Gasteiger partial charge in [-0.25, -0.2) is 4.79 Å². The minimum absolute atomic E-state index is 0.156. The maximum absolute atomic E-state index is 11.6. The first-order valence-corrected chi connectivity index (χ1v) is 9.64. The van der Waals surface area contributed by atoms with Gasteiger partial charge in [0.2, 0.25) is 11.8 Å². The zero-order chi connectivity index (χ0) is 19.9. The fourth-order valence-electron chi connectivity index (χ4n) is 2.39. The molecule has 0 aliphatic heterocycles. The van der Waals surface area contributed by atoms with E-state index in [1.54, 1.807) is 19.1 Å². The van der Waals surface area contributed by atoms with E-state index in [0.717, 1.165) is 16.0 Å². The van der Waals surface area contributed by atoms with E-state index in [9.17, 15) is 9.59 Å². The first-order chi connectivity index (χ1) is 13.6. The maximum Gasteiger partial charge on any atom is 0.397 e. The number of thioether (sulfide) groups is 1. The molecular weight excluding hydrogens is 378 g/mol. The van der Waals surface area contributed by atoms with Crippen molar-refractivity contribution in [3.05, 3.63) is 60.0 Å². The van der Waals surface area contributed by atoms with Crippen LogP contribution >= 0.6 is 11.8 Å². The van der Waals surface area contributed by atoms with Gasteiger partial charge >= 0.3 is 11.9 Å². The number of nitrogens with zero attached hydrogens (tertiary/aromatic N) is 2. The Morgan fingerprint density at radius 2 is 1.86 bits per heavy atom. The van der Waals surface area contributed by atoms with E-state index in [1.165, 1.54) is 11.8 Å². The van der Waals surface area contributed by atoms with E-state index in [-0.39, 0.29) is 6.61 Å². The molecule has 1 amide bonds. The molecule has 0 atom stereocenters. The fraction of sp³-hybridized carbons (Fsp3) is 0.200. The van der Waals surface area contributed by atoms with E-state index >= 15 is 0 Å². The van der Waals surface area contributed by atoms with Crippen LogP contribution in [0.15, 0.2) is 57.8 Å². The summed E-state index contributed by atoms with van der Waals surface area (Å²) in [5, 5.41) is 10.7. The van der Waals surface area contributed by atoms with Crippen molar-refractivity contribution >= 4 is 29.3 Å². The van der Waals surface area contributed by atoms with Crippen molar-refractivity contribution in [1.29, 1.82) is 0 Å². The Morgan fingerprint density at radius 3 is 2.57 bits per heavy atom. The average Bonchev–Trinajstić information content (AvgIpc) is 3.17. The lowest BCUT2D eigenvalue weighted by Gasteiger charge is -2.05. The highest BCUT2D eigenvalue weighted by atomic mass is 32.2. The van der Waals surface area contributed by atoms with Gasteiger partial charge < -0.3 is 14.5 Å². The fourth-order valence-corrected chi connectivity index (χ4v) is 3.13. The number of carbonyl (C=O) groups is 2. The average molecular weight is 397 g/mol. The van der Waals surface area contributed by atoms with E-state index in [1.807, 2.05) is 43.3 Å². The molecule has 0 saturated carbocycles. The van der Waals surface area contributed by atoms with E-state index in [0.29, 0.717) is 23.2 Å². The SMILES string of the molecule is CCOC(=O)C(=O)Nc1ccc(SCc2nnc(-c3ccccc3C)o2)cc1. The third kappa shape index (κ3) is 4.98. The molecule has 0 unspecified atom stereocenters. The van der Waals surface area contributed by atoms with Gasteiger partial charge in [0.1, 0.15) is 0 Å². The van der Waals surface area contributed by atoms with Gasteiger partial charge in [0, 0.05) is 16.1 Å². The van der Waals surface area contributed by atoms with Crippen molar-refractivity contribution in [1.82, 2.24) is 10.2 Å². The number of amides is 1. The van der Waals surface area contributed by atoms with Crippen LogP contribution in [0.3, 0.4) is 0 Å². The Bertz CT molecular complexity index is 970. The second-order valence-corrected chi connectivity index (χ2v) is 6.85. The third-order valence-electron chi connectivity index (χ3n) is 3.78. The topological polar surface area (TPSA) is 94.3 Å². The molecule has 0 bridgehead atoms. The molecule has 7 nitrogen and oxygen atoms in total. The summed E-state index contributed by atoms with van der Waals surface area (Å²) in [7, 11) is 0. The lowest BCUT2D eigenvalue weighted by atomic mass is 10.1. The standard InChI is InChI=1S/C20H19N3O4S/c1-3-26-20(25)18(24)21-14-8-10-15(11-9-14)28-12-17-22-23-19(27-17)16-7-5-4-6-13(16)2/h4-11H,3,12H2,1-2H3,(H,21,24). The first-order valence-electron chi connectivity index (χ1n) is 8.66. The summed E-state index contributed by atoms with van der Waals surface area (Å²) in [5.41, 5.74) is 2.51. The molecule has 0 saturated heterocycles. The van der Waals surface area contributed by atoms with E-state index < -0.39 is 11.9 Å². The Hall–Kier alpha value is -3.13. The third-order valence-corrected chi connectivity index (χ3v) is 4.77. The molecule has 3 rings (SSSR count). The normalized spacial score (nSPS) is 10.5. The van der Waals surface area contributed by atoms with Crippen LogP contribution in [0.2, 0.25) is 0 Å². The molecule has 1 N–H and O–H groups in total. The van der Waals surface area contributed by atoms with Crippen LogP contribution in [-0.2, 0) is 20.1 Å². The molecule has 1 heterocycles. The largest absolute Gasteiger partial charge is 0.459 e. The van der Waals surface area contributed by atoms with Crippen LogP contribution in [0.1, 0.15) is 18.4 Å². The first kappa shape index (κ1) is 19.6. The highest BCUT2D eigenvalue weighted by molar-refractivity contribution is 7.98. The molecule has 0 radical (unpaired) electrons. The summed E-state index contributed by atoms with van der Waals surface area (Å²) in [6.45, 7) is 3.80. The Kier molecular flexibility index (Phi) is 6.44. The molecule has 0 spiro atoms. The molecular formula is C20H19N3O4S. The second kappa shape index (κ2) is 9.18. The van der Waals surface area contributed by atoms with Crippen LogP contribution in [0, 0.1) is 6.92 Å². The van der Waals surface area contributed by atoms with Crippen molar-refractivity contribution in [2.45, 2.75) is 24.5 Å². The van der Waals surface area contributed by atoms with Crippen molar-refractivity contribution in [2.75, 3.05) is 11.9 Å². The highest BCUT2D eigenvalue weighted by Crippen LogP contribution is 2.26. The number of aryl methyl sites for hydroxylation is 1. The van der Waals surface area contributed by atoms with Crippen molar-refractivity contribution in [2.24, 2.45) is 0 Å². The number of carbonyl (C=O) groups excluding carboxylic acids is 2. The van der Waals surface area contributed by atoms with E-state index in [4.69, 9.17) is 4.42 Å². The van der Waals surface area contributed by atoms with Crippen LogP contribution in [-0.4, -0.2) is 28.7 Å². The maximum atomic E-state index is 11.6. The summed E-state index contributed by atoms with van der Waals surface area (Å²) in [4.78, 5) is 23.9. The lowest BCUT2D eigenvalue weighted by Crippen LogP contribution is -2.24. The second-order valence-electron chi connectivity index (χ2n) is 5.80. The monoisotopic (exact) mass is 397 g/mol. The summed E-state index contributed by atoms with van der Waals surface area (Å²) >= 11 is 1.53. The van der Waals surface area contributed by atoms with Crippen LogP contribution < -0.4 is 5.32 Å². The quantitative estimate of drug-likeness (QED) is 0.384. The van der Waals surface area contributed by atoms with Gasteiger partial charge in [0.25, 0.3) is 0 Å². The summed E-state index contributed by atoms with van der Waals surface area (Å²) < 4.78 is 10.4. The van der Waals surface area contributed by atoms with Gasteiger partial charge in [-0.1, -0.05) is 18.2 Å². The molecule has 2 aromatic carbocycles. The minimum atomic E-state index is -0.901. The molecule has 8 heteroatoms. The van der Waals surface area contributed by atoms with Crippen LogP contribution in [0.25, 0.3) is 11.5 Å². The highest BCUT2D eigenvalue weighted by Gasteiger charge is 2.15. The predicted octanol–water partition coefficient (Wildman–Crippen LogP) is 3.84. The Morgan fingerprint density at radius 1 is 1.11 bits per heavy atom. The van der Waals surface area contributed by atoms with E-state index in [2.05, 4.69) is 20.3 Å². The molecule has 0 fully saturated rings. The van der Waals surface area contributed by atoms with Crippen molar-refractivity contribution < 1.29 is 18.7 Å². The molecule has 3 aromatic rings. The Balaban J connectivity index is 1.56.